The monoisotopic (exact) mass is 382 g/mol. The zero-order valence-corrected chi connectivity index (χ0v) is 16.5. The fourth-order valence-corrected chi connectivity index (χ4v) is 3.66. The van der Waals surface area contributed by atoms with Crippen molar-refractivity contribution in [2.75, 3.05) is 71.1 Å². The van der Waals surface area contributed by atoms with Crippen molar-refractivity contribution in [3.05, 3.63) is 12.4 Å². The van der Waals surface area contributed by atoms with Crippen molar-refractivity contribution in [3.8, 4) is 11.8 Å². The minimum Gasteiger partial charge on any atom is -0.472 e. The van der Waals surface area contributed by atoms with E-state index in [0.29, 0.717) is 18.4 Å². The third-order valence-electron chi connectivity index (χ3n) is 4.81. The number of aromatic nitrogens is 2. The van der Waals surface area contributed by atoms with Gasteiger partial charge in [0.25, 0.3) is 11.8 Å². The Morgan fingerprint density at radius 3 is 2.46 bits per heavy atom. The quantitative estimate of drug-likeness (QED) is 0.635. The van der Waals surface area contributed by atoms with E-state index in [2.05, 4.69) is 26.0 Å². The first-order valence-corrected chi connectivity index (χ1v) is 10.9. The molecule has 0 radical (unpaired) electrons. The summed E-state index contributed by atoms with van der Waals surface area (Å²) in [4.78, 5) is 13.5. The maximum absolute atomic E-state index is 6.12. The van der Waals surface area contributed by atoms with Gasteiger partial charge in [0, 0.05) is 57.4 Å². The van der Waals surface area contributed by atoms with Crippen LogP contribution in [-0.4, -0.2) is 97.0 Å². The molecule has 0 N–H and O–H groups in total. The van der Waals surface area contributed by atoms with Crippen LogP contribution in [0.3, 0.4) is 0 Å². The van der Waals surface area contributed by atoms with Gasteiger partial charge >= 0.3 is 0 Å². The summed E-state index contributed by atoms with van der Waals surface area (Å²) in [6.45, 7) is 8.30. The predicted molar refractivity (Wildman–Crippen MR) is 103 cm³/mol. The lowest BCUT2D eigenvalue weighted by molar-refractivity contribution is 0.0313. The number of rotatable bonds is 9. The van der Waals surface area contributed by atoms with Gasteiger partial charge in [0.05, 0.1) is 13.2 Å². The van der Waals surface area contributed by atoms with Gasteiger partial charge in [-0.3, -0.25) is 4.90 Å². The Morgan fingerprint density at radius 1 is 1.04 bits per heavy atom. The Hall–Kier alpha value is -1.09. The molecule has 146 valence electrons. The number of hydrogen-bond donors (Lipinski definition) is 0. The van der Waals surface area contributed by atoms with E-state index in [0.717, 1.165) is 65.3 Å². The number of nitrogens with zero attached hydrogens (tertiary/aromatic N) is 4. The second-order valence-electron chi connectivity index (χ2n) is 6.62. The van der Waals surface area contributed by atoms with Gasteiger partial charge in [0.2, 0.25) is 0 Å². The van der Waals surface area contributed by atoms with Crippen LogP contribution < -0.4 is 9.47 Å². The number of ether oxygens (including phenoxy) is 3. The topological polar surface area (TPSA) is 60.0 Å². The summed E-state index contributed by atoms with van der Waals surface area (Å²) in [6, 6.07) is 0. The Balaban J connectivity index is 1.43. The van der Waals surface area contributed by atoms with E-state index < -0.39 is 0 Å². The molecule has 0 spiro atoms. The van der Waals surface area contributed by atoms with Crippen LogP contribution >= 0.6 is 11.8 Å². The highest BCUT2D eigenvalue weighted by atomic mass is 32.2. The van der Waals surface area contributed by atoms with Crippen molar-refractivity contribution >= 4 is 11.8 Å². The molecule has 0 amide bonds. The molecule has 0 atom stereocenters. The summed E-state index contributed by atoms with van der Waals surface area (Å²) >= 11 is 1.90. The summed E-state index contributed by atoms with van der Waals surface area (Å²) in [5.74, 6) is 2.22. The van der Waals surface area contributed by atoms with Crippen molar-refractivity contribution in [1.82, 2.24) is 19.8 Å². The van der Waals surface area contributed by atoms with E-state index in [1.54, 1.807) is 12.4 Å². The second kappa shape index (κ2) is 10.9. The molecule has 2 aliphatic rings. The van der Waals surface area contributed by atoms with Crippen molar-refractivity contribution in [1.29, 1.82) is 0 Å². The van der Waals surface area contributed by atoms with E-state index in [1.165, 1.54) is 5.75 Å². The molecular formula is C18H30N4O3S. The fourth-order valence-electron chi connectivity index (χ4n) is 3.22. The average Bonchev–Trinajstić information content (AvgIpc) is 2.69. The van der Waals surface area contributed by atoms with E-state index in [-0.39, 0.29) is 6.10 Å². The third-order valence-corrected chi connectivity index (χ3v) is 5.40. The minimum absolute atomic E-state index is 0.193. The van der Waals surface area contributed by atoms with Crippen LogP contribution in [0.15, 0.2) is 12.4 Å². The lowest BCUT2D eigenvalue weighted by Crippen LogP contribution is -2.39. The fraction of sp³-hybridized carbons (Fsp3) is 0.778. The number of morpholine rings is 1. The van der Waals surface area contributed by atoms with Gasteiger partial charge in [-0.15, -0.1) is 0 Å². The smallest absolute Gasteiger partial charge is 0.278 e. The first-order chi connectivity index (χ1) is 12.8. The maximum Gasteiger partial charge on any atom is 0.278 e. The molecule has 1 aromatic rings. The first-order valence-electron chi connectivity index (χ1n) is 9.47. The molecule has 0 aliphatic carbocycles. The van der Waals surface area contributed by atoms with Crippen LogP contribution in [0.25, 0.3) is 0 Å². The van der Waals surface area contributed by atoms with Crippen molar-refractivity contribution < 1.29 is 14.2 Å². The maximum atomic E-state index is 6.12. The lowest BCUT2D eigenvalue weighted by Gasteiger charge is -2.31. The molecule has 2 aliphatic heterocycles. The number of hydrogen-bond acceptors (Lipinski definition) is 8. The van der Waals surface area contributed by atoms with Crippen LogP contribution in [0.4, 0.5) is 0 Å². The molecule has 0 aromatic carbocycles. The van der Waals surface area contributed by atoms with Gasteiger partial charge in [0.1, 0.15) is 12.7 Å². The summed E-state index contributed by atoms with van der Waals surface area (Å²) in [5.41, 5.74) is 0. The van der Waals surface area contributed by atoms with Crippen LogP contribution in [0, 0.1) is 0 Å². The Kier molecular flexibility index (Phi) is 8.25. The molecule has 1 aromatic heterocycles. The molecule has 2 fully saturated rings. The summed E-state index contributed by atoms with van der Waals surface area (Å²) in [7, 11) is 0. The highest BCUT2D eigenvalue weighted by Crippen LogP contribution is 2.24. The number of thioether (sulfide) groups is 1. The highest BCUT2D eigenvalue weighted by Gasteiger charge is 2.22. The van der Waals surface area contributed by atoms with E-state index >= 15 is 0 Å². The van der Waals surface area contributed by atoms with Crippen molar-refractivity contribution in [2.24, 2.45) is 0 Å². The van der Waals surface area contributed by atoms with E-state index in [4.69, 9.17) is 14.2 Å². The lowest BCUT2D eigenvalue weighted by atomic mass is 10.1. The predicted octanol–water partition coefficient (Wildman–Crippen LogP) is 1.39. The molecule has 3 rings (SSSR count). The molecule has 7 nitrogen and oxygen atoms in total. The van der Waals surface area contributed by atoms with Gasteiger partial charge < -0.3 is 19.1 Å². The highest BCUT2D eigenvalue weighted by molar-refractivity contribution is 7.98. The molecule has 3 heterocycles. The molecule has 0 saturated carbocycles. The number of likely N-dealkylation sites (tertiary alicyclic amines) is 1. The summed E-state index contributed by atoms with van der Waals surface area (Å²) < 4.78 is 17.3. The standard InChI is InChI=1S/C18H30N4O3S/c1-26-15-11-21-6-2-16(3-7-21)25-18-17(19-4-5-20-18)24-14-10-22-8-12-23-13-9-22/h4-5,16H,2-3,6-15H2,1H3. The molecular weight excluding hydrogens is 352 g/mol. The van der Waals surface area contributed by atoms with Crippen molar-refractivity contribution in [2.45, 2.75) is 18.9 Å². The SMILES string of the molecule is CSCCN1CCC(Oc2nccnc2OCCN2CCOCC2)CC1. The molecule has 0 unspecified atom stereocenters. The van der Waals surface area contributed by atoms with Gasteiger partial charge in [0.15, 0.2) is 0 Å². The van der Waals surface area contributed by atoms with Gasteiger partial charge in [-0.25, -0.2) is 9.97 Å². The van der Waals surface area contributed by atoms with Crippen LogP contribution in [-0.2, 0) is 4.74 Å². The third kappa shape index (κ3) is 6.26. The summed E-state index contributed by atoms with van der Waals surface area (Å²) in [6.07, 6.45) is 7.72. The molecule has 2 saturated heterocycles. The molecule has 8 heteroatoms. The van der Waals surface area contributed by atoms with E-state index in [1.807, 2.05) is 11.8 Å². The Labute approximate surface area is 160 Å². The van der Waals surface area contributed by atoms with Crippen molar-refractivity contribution in [3.63, 3.8) is 0 Å². The normalized spacial score (nSPS) is 20.2. The van der Waals surface area contributed by atoms with Crippen LogP contribution in [0.1, 0.15) is 12.8 Å². The summed E-state index contributed by atoms with van der Waals surface area (Å²) in [5, 5.41) is 0. The Morgan fingerprint density at radius 2 is 1.73 bits per heavy atom. The second-order valence-corrected chi connectivity index (χ2v) is 7.61. The van der Waals surface area contributed by atoms with Crippen LogP contribution in [0.2, 0.25) is 0 Å². The zero-order chi connectivity index (χ0) is 18.0. The van der Waals surface area contributed by atoms with Gasteiger partial charge in [-0.2, -0.15) is 11.8 Å². The minimum atomic E-state index is 0.193. The van der Waals surface area contributed by atoms with E-state index in [9.17, 15) is 0 Å². The number of piperidine rings is 1. The first kappa shape index (κ1) is 19.7. The van der Waals surface area contributed by atoms with Gasteiger partial charge in [-0.05, 0) is 19.1 Å². The average molecular weight is 383 g/mol. The van der Waals surface area contributed by atoms with Crippen LogP contribution in [0.5, 0.6) is 11.8 Å². The molecule has 0 bridgehead atoms. The largest absolute Gasteiger partial charge is 0.472 e. The van der Waals surface area contributed by atoms with Gasteiger partial charge in [-0.1, -0.05) is 0 Å². The Bertz CT molecular complexity index is 523. The zero-order valence-electron chi connectivity index (χ0n) is 15.6. The molecule has 26 heavy (non-hydrogen) atoms.